The second-order valence-corrected chi connectivity index (χ2v) is 7.73. The van der Waals surface area contributed by atoms with Gasteiger partial charge in [0.05, 0.1) is 0 Å². The molecular weight excluding hydrogens is 378 g/mol. The van der Waals surface area contributed by atoms with E-state index < -0.39 is 12.0 Å². The third kappa shape index (κ3) is 5.83. The second-order valence-electron chi connectivity index (χ2n) is 7.73. The molecule has 0 saturated carbocycles. The van der Waals surface area contributed by atoms with Gasteiger partial charge in [0, 0.05) is 44.0 Å². The number of anilines is 2. The largest absolute Gasteiger partial charge is 0.480 e. The first-order valence-electron chi connectivity index (χ1n) is 10.7. The summed E-state index contributed by atoms with van der Waals surface area (Å²) in [5.74, 6) is -0.751. The zero-order chi connectivity index (χ0) is 21.3. The van der Waals surface area contributed by atoms with E-state index in [9.17, 15) is 14.7 Å². The first kappa shape index (κ1) is 21.8. The van der Waals surface area contributed by atoms with Gasteiger partial charge in [-0.05, 0) is 36.2 Å². The van der Waals surface area contributed by atoms with Crippen LogP contribution in [0.15, 0.2) is 54.6 Å². The normalized spacial score (nSPS) is 15.6. The Morgan fingerprint density at radius 1 is 0.967 bits per heavy atom. The summed E-state index contributed by atoms with van der Waals surface area (Å²) in [4.78, 5) is 28.1. The van der Waals surface area contributed by atoms with Crippen LogP contribution in [0.25, 0.3) is 0 Å². The average Bonchev–Trinajstić information content (AvgIpc) is 2.76. The van der Waals surface area contributed by atoms with Crippen molar-refractivity contribution in [2.75, 3.05) is 36.4 Å². The number of carboxylic acid groups (broad SMARTS) is 1. The van der Waals surface area contributed by atoms with E-state index in [4.69, 9.17) is 0 Å². The molecular formula is C24H31N3O3. The highest BCUT2D eigenvalue weighted by molar-refractivity contribution is 5.90. The number of nitrogens with one attached hydrogen (secondary N) is 1. The molecule has 1 aliphatic heterocycles. The molecule has 2 N–H and O–H groups in total. The number of hydrogen-bond acceptors (Lipinski definition) is 4. The number of unbranched alkanes of at least 4 members (excludes halogenated alkanes) is 2. The quantitative estimate of drug-likeness (QED) is 0.609. The van der Waals surface area contributed by atoms with Crippen molar-refractivity contribution in [3.05, 3.63) is 60.2 Å². The Labute approximate surface area is 178 Å². The molecule has 3 rings (SSSR count). The van der Waals surface area contributed by atoms with Crippen LogP contribution in [-0.2, 0) is 9.59 Å². The molecule has 0 aromatic heterocycles. The van der Waals surface area contributed by atoms with Gasteiger partial charge in [0.1, 0.15) is 6.04 Å². The summed E-state index contributed by atoms with van der Waals surface area (Å²) in [6, 6.07) is 16.7. The van der Waals surface area contributed by atoms with Gasteiger partial charge in [0.2, 0.25) is 5.91 Å². The maximum atomic E-state index is 12.0. The van der Waals surface area contributed by atoms with Crippen LogP contribution in [0.4, 0.5) is 11.4 Å². The van der Waals surface area contributed by atoms with Crippen LogP contribution in [0.3, 0.4) is 0 Å². The number of piperazine rings is 1. The predicted molar refractivity (Wildman–Crippen MR) is 120 cm³/mol. The molecule has 1 heterocycles. The van der Waals surface area contributed by atoms with Gasteiger partial charge >= 0.3 is 5.97 Å². The molecule has 30 heavy (non-hydrogen) atoms. The summed E-state index contributed by atoms with van der Waals surface area (Å²) >= 11 is 0. The standard InChI is InChI=1S/C24H31N3O3/c1-2-3-5-10-22(28)25-20-11-13-21(14-12-20)26-15-17-27(18-16-26)23(24(29)30)19-8-6-4-7-9-19/h4,6-9,11-14,23H,2-3,5,10,15-18H2,1H3,(H,25,28)(H,29,30). The van der Waals surface area contributed by atoms with Crippen LogP contribution in [0, 0.1) is 0 Å². The van der Waals surface area contributed by atoms with Gasteiger partial charge in [0.25, 0.3) is 0 Å². The van der Waals surface area contributed by atoms with Crippen LogP contribution in [0.1, 0.15) is 44.2 Å². The summed E-state index contributed by atoms with van der Waals surface area (Å²) in [5, 5.41) is 12.7. The Morgan fingerprint density at radius 2 is 1.63 bits per heavy atom. The average molecular weight is 410 g/mol. The van der Waals surface area contributed by atoms with Crippen LogP contribution >= 0.6 is 0 Å². The minimum atomic E-state index is -0.811. The fourth-order valence-corrected chi connectivity index (χ4v) is 3.90. The number of hydrogen-bond donors (Lipinski definition) is 2. The van der Waals surface area contributed by atoms with Crippen molar-refractivity contribution in [3.63, 3.8) is 0 Å². The molecule has 1 unspecified atom stereocenters. The maximum Gasteiger partial charge on any atom is 0.325 e. The molecule has 2 aromatic carbocycles. The molecule has 0 aliphatic carbocycles. The number of nitrogens with zero attached hydrogens (tertiary/aromatic N) is 2. The van der Waals surface area contributed by atoms with Crippen molar-refractivity contribution in [1.82, 2.24) is 4.90 Å². The fraction of sp³-hybridized carbons (Fsp3) is 0.417. The number of rotatable bonds is 9. The molecule has 1 saturated heterocycles. The van der Waals surface area contributed by atoms with E-state index in [1.54, 1.807) is 0 Å². The summed E-state index contributed by atoms with van der Waals surface area (Å²) in [6.07, 6.45) is 3.66. The molecule has 2 aromatic rings. The lowest BCUT2D eigenvalue weighted by Gasteiger charge is -2.39. The monoisotopic (exact) mass is 409 g/mol. The van der Waals surface area contributed by atoms with E-state index in [0.717, 1.165) is 49.3 Å². The van der Waals surface area contributed by atoms with Crippen molar-refractivity contribution in [2.24, 2.45) is 0 Å². The zero-order valence-corrected chi connectivity index (χ0v) is 17.6. The SMILES string of the molecule is CCCCCC(=O)Nc1ccc(N2CCN(C(C(=O)O)c3ccccc3)CC2)cc1. The molecule has 0 spiro atoms. The number of carbonyl (C=O) groups excluding carboxylic acids is 1. The summed E-state index contributed by atoms with van der Waals surface area (Å²) < 4.78 is 0. The predicted octanol–water partition coefficient (Wildman–Crippen LogP) is 4.15. The van der Waals surface area contributed by atoms with E-state index in [-0.39, 0.29) is 5.91 Å². The van der Waals surface area contributed by atoms with Gasteiger partial charge in [0.15, 0.2) is 0 Å². The maximum absolute atomic E-state index is 12.0. The molecule has 1 fully saturated rings. The smallest absolute Gasteiger partial charge is 0.325 e. The zero-order valence-electron chi connectivity index (χ0n) is 17.6. The van der Waals surface area contributed by atoms with Gasteiger partial charge < -0.3 is 15.3 Å². The van der Waals surface area contributed by atoms with Crippen molar-refractivity contribution in [3.8, 4) is 0 Å². The first-order valence-corrected chi connectivity index (χ1v) is 10.7. The minimum Gasteiger partial charge on any atom is -0.480 e. The van der Waals surface area contributed by atoms with Gasteiger partial charge in [-0.2, -0.15) is 0 Å². The van der Waals surface area contributed by atoms with E-state index in [2.05, 4.69) is 17.1 Å². The van der Waals surface area contributed by atoms with Crippen molar-refractivity contribution in [1.29, 1.82) is 0 Å². The highest BCUT2D eigenvalue weighted by Gasteiger charge is 2.30. The van der Waals surface area contributed by atoms with Gasteiger partial charge in [-0.25, -0.2) is 0 Å². The van der Waals surface area contributed by atoms with Gasteiger partial charge in [-0.3, -0.25) is 14.5 Å². The number of benzene rings is 2. The van der Waals surface area contributed by atoms with E-state index in [1.165, 1.54) is 0 Å². The van der Waals surface area contributed by atoms with Crippen molar-refractivity contribution >= 4 is 23.3 Å². The lowest BCUT2D eigenvalue weighted by molar-refractivity contribution is -0.143. The fourth-order valence-electron chi connectivity index (χ4n) is 3.90. The Hall–Kier alpha value is -2.86. The third-order valence-electron chi connectivity index (χ3n) is 5.55. The molecule has 6 heteroatoms. The van der Waals surface area contributed by atoms with Crippen LogP contribution in [-0.4, -0.2) is 48.1 Å². The number of carbonyl (C=O) groups is 2. The molecule has 6 nitrogen and oxygen atoms in total. The topological polar surface area (TPSA) is 72.9 Å². The minimum absolute atomic E-state index is 0.0606. The highest BCUT2D eigenvalue weighted by Crippen LogP contribution is 2.25. The van der Waals surface area contributed by atoms with E-state index >= 15 is 0 Å². The Bertz CT molecular complexity index is 815. The van der Waals surface area contributed by atoms with Crippen molar-refractivity contribution < 1.29 is 14.7 Å². The number of aliphatic carboxylic acids is 1. The van der Waals surface area contributed by atoms with Gasteiger partial charge in [-0.1, -0.05) is 50.1 Å². The highest BCUT2D eigenvalue weighted by atomic mass is 16.4. The molecule has 1 aliphatic rings. The van der Waals surface area contributed by atoms with Gasteiger partial charge in [-0.15, -0.1) is 0 Å². The molecule has 160 valence electrons. The van der Waals surface area contributed by atoms with E-state index in [1.807, 2.05) is 59.5 Å². The van der Waals surface area contributed by atoms with E-state index in [0.29, 0.717) is 19.5 Å². The molecule has 0 bridgehead atoms. The Balaban J connectivity index is 1.54. The van der Waals surface area contributed by atoms with Crippen LogP contribution in [0.2, 0.25) is 0 Å². The number of carboxylic acids is 1. The molecule has 0 radical (unpaired) electrons. The third-order valence-corrected chi connectivity index (χ3v) is 5.55. The lowest BCUT2D eigenvalue weighted by atomic mass is 10.0. The Morgan fingerprint density at radius 3 is 2.23 bits per heavy atom. The summed E-state index contributed by atoms with van der Waals surface area (Å²) in [6.45, 7) is 5.02. The molecule has 1 amide bonds. The second kappa shape index (κ2) is 10.8. The van der Waals surface area contributed by atoms with Crippen LogP contribution in [0.5, 0.6) is 0 Å². The van der Waals surface area contributed by atoms with Crippen molar-refractivity contribution in [2.45, 2.75) is 38.6 Å². The summed E-state index contributed by atoms with van der Waals surface area (Å²) in [7, 11) is 0. The molecule has 1 atom stereocenters. The summed E-state index contributed by atoms with van der Waals surface area (Å²) in [5.41, 5.74) is 2.72. The number of amides is 1. The Kier molecular flexibility index (Phi) is 7.85. The first-order chi connectivity index (χ1) is 14.6. The van der Waals surface area contributed by atoms with Crippen LogP contribution < -0.4 is 10.2 Å². The lowest BCUT2D eigenvalue weighted by Crippen LogP contribution is -2.49.